The Balaban J connectivity index is 1.12. The van der Waals surface area contributed by atoms with Gasteiger partial charge in [0.2, 0.25) is 0 Å². The molecule has 3 heterocycles. The van der Waals surface area contributed by atoms with Gasteiger partial charge in [-0.15, -0.1) is 11.3 Å². The Hall–Kier alpha value is -6.56. The molecule has 0 saturated carbocycles. The maximum atomic E-state index is 2.69. The third-order valence-electron chi connectivity index (χ3n) is 18.1. The van der Waals surface area contributed by atoms with Gasteiger partial charge in [0.05, 0.1) is 0 Å². The minimum atomic E-state index is -0.00489. The number of anilines is 9. The van der Waals surface area contributed by atoms with Gasteiger partial charge >= 0.3 is 0 Å². The van der Waals surface area contributed by atoms with Gasteiger partial charge in [-0.1, -0.05) is 143 Å². The Morgan fingerprint density at radius 1 is 0.446 bits per heavy atom. The van der Waals surface area contributed by atoms with E-state index in [-0.39, 0.29) is 33.8 Å². The van der Waals surface area contributed by atoms with E-state index in [0.717, 1.165) is 23.5 Å². The van der Waals surface area contributed by atoms with Crippen LogP contribution in [0, 0.1) is 6.92 Å². The predicted octanol–water partition coefficient (Wildman–Crippen LogP) is 17.9. The van der Waals surface area contributed by atoms with E-state index in [9.17, 15) is 0 Å². The first-order valence-electron chi connectivity index (χ1n) is 27.3. The van der Waals surface area contributed by atoms with Crippen molar-refractivity contribution >= 4 is 106 Å². The molecule has 5 heteroatoms. The SMILES string of the molecule is Cc1cc2c3c(c1)N(c1ccc4c(c1)C(C)(C)CCC4(C)C)c1cc4c(cc1B3c1ccc(N(c3ccccc3)c3ccccc3)cc1N2c1ccc2sc3cc(C(C)(C)C)ccc3c2c1)C(C)(C)CCC4(C)C. The van der Waals surface area contributed by atoms with E-state index in [4.69, 9.17) is 0 Å². The molecule has 0 spiro atoms. The number of para-hydroxylation sites is 2. The normalized spacial score (nSPS) is 17.6. The van der Waals surface area contributed by atoms with E-state index in [1.807, 2.05) is 11.3 Å². The molecule has 370 valence electrons. The van der Waals surface area contributed by atoms with Crippen LogP contribution in [0.4, 0.5) is 51.2 Å². The van der Waals surface area contributed by atoms with Crippen LogP contribution in [0.2, 0.25) is 0 Å². The summed E-state index contributed by atoms with van der Waals surface area (Å²) >= 11 is 1.92. The van der Waals surface area contributed by atoms with Crippen molar-refractivity contribution in [2.24, 2.45) is 0 Å². The lowest BCUT2D eigenvalue weighted by Gasteiger charge is -2.48. The molecular formula is C69H70BN3S. The second kappa shape index (κ2) is 16.2. The zero-order chi connectivity index (χ0) is 51.4. The average Bonchev–Trinajstić information content (AvgIpc) is 3.74. The first-order chi connectivity index (χ1) is 35.2. The van der Waals surface area contributed by atoms with Gasteiger partial charge in [-0.3, -0.25) is 0 Å². The third-order valence-corrected chi connectivity index (χ3v) is 19.3. The topological polar surface area (TPSA) is 9.72 Å². The number of fused-ring (bicyclic) bond motifs is 9. The number of hydrogen-bond acceptors (Lipinski definition) is 4. The highest BCUT2D eigenvalue weighted by molar-refractivity contribution is 7.25. The maximum Gasteiger partial charge on any atom is 0.252 e. The van der Waals surface area contributed by atoms with Gasteiger partial charge in [0.25, 0.3) is 6.71 Å². The molecule has 0 amide bonds. The Morgan fingerprint density at radius 2 is 0.986 bits per heavy atom. The van der Waals surface area contributed by atoms with Gasteiger partial charge in [0.1, 0.15) is 0 Å². The van der Waals surface area contributed by atoms with E-state index in [0.29, 0.717) is 0 Å². The van der Waals surface area contributed by atoms with E-state index in [1.54, 1.807) is 0 Å². The zero-order valence-electron chi connectivity index (χ0n) is 45.7. The second-order valence-corrected chi connectivity index (χ2v) is 27.1. The molecule has 0 atom stereocenters. The van der Waals surface area contributed by atoms with Crippen molar-refractivity contribution in [1.29, 1.82) is 0 Å². The summed E-state index contributed by atoms with van der Waals surface area (Å²) in [7, 11) is 0. The zero-order valence-corrected chi connectivity index (χ0v) is 46.5. The number of benzene rings is 8. The first kappa shape index (κ1) is 47.2. The molecule has 2 aliphatic heterocycles. The molecular weight excluding hydrogens is 914 g/mol. The monoisotopic (exact) mass is 984 g/mol. The fourth-order valence-electron chi connectivity index (χ4n) is 13.6. The van der Waals surface area contributed by atoms with Crippen molar-refractivity contribution in [2.45, 2.75) is 136 Å². The van der Waals surface area contributed by atoms with E-state index < -0.39 is 0 Å². The van der Waals surface area contributed by atoms with Crippen LogP contribution in [-0.4, -0.2) is 6.71 Å². The largest absolute Gasteiger partial charge is 0.311 e. The van der Waals surface area contributed by atoms with Crippen molar-refractivity contribution in [3.8, 4) is 0 Å². The number of hydrogen-bond donors (Lipinski definition) is 0. The summed E-state index contributed by atoms with van der Waals surface area (Å²) in [5.74, 6) is 0. The van der Waals surface area contributed by atoms with E-state index in [1.165, 1.54) is 123 Å². The molecule has 0 unspecified atom stereocenters. The van der Waals surface area contributed by atoms with Crippen molar-refractivity contribution in [3.05, 3.63) is 191 Å². The molecule has 9 aromatic rings. The van der Waals surface area contributed by atoms with Crippen LogP contribution in [0.3, 0.4) is 0 Å². The number of nitrogens with zero attached hydrogens (tertiary/aromatic N) is 3. The molecule has 0 radical (unpaired) electrons. The number of thiophene rings is 1. The van der Waals surface area contributed by atoms with Crippen LogP contribution in [0.15, 0.2) is 158 Å². The van der Waals surface area contributed by atoms with Gasteiger partial charge in [0, 0.05) is 71.4 Å². The molecule has 3 nitrogen and oxygen atoms in total. The van der Waals surface area contributed by atoms with Crippen molar-refractivity contribution in [3.63, 3.8) is 0 Å². The molecule has 74 heavy (non-hydrogen) atoms. The van der Waals surface area contributed by atoms with Crippen LogP contribution < -0.4 is 31.1 Å². The molecule has 0 saturated heterocycles. The second-order valence-electron chi connectivity index (χ2n) is 26.0. The summed E-state index contributed by atoms with van der Waals surface area (Å²) in [6.07, 6.45) is 4.70. The Morgan fingerprint density at radius 3 is 1.59 bits per heavy atom. The molecule has 2 aliphatic carbocycles. The van der Waals surface area contributed by atoms with Gasteiger partial charge in [-0.2, -0.15) is 0 Å². The number of rotatable bonds is 5. The standard InChI is InChI=1S/C69H70BN3S/c1-43-35-60-64-61(36-43)73(48-24-28-52-53(39-48)67(7,8)32-31-66(52,5)6)59-42-55-54(68(9,10)33-34-69(55,11)12)41-57(59)70(64)56-29-25-49(71(45-19-15-13-16-20-45)46-21-17-14-18-22-46)40-58(56)72(60)47-26-30-62-51(38-47)50-27-23-44(65(2,3)4)37-63(50)74-62/h13-30,35-42H,31-34H2,1-12H3. The van der Waals surface area contributed by atoms with Gasteiger partial charge in [-0.25, -0.2) is 0 Å². The molecule has 13 rings (SSSR count). The molecule has 0 bridgehead atoms. The summed E-state index contributed by atoms with van der Waals surface area (Å²) in [6, 6.07) is 61.4. The van der Waals surface area contributed by atoms with Gasteiger partial charge < -0.3 is 14.7 Å². The predicted molar refractivity (Wildman–Crippen MR) is 322 cm³/mol. The highest BCUT2D eigenvalue weighted by Gasteiger charge is 2.47. The van der Waals surface area contributed by atoms with Crippen LogP contribution in [0.5, 0.6) is 0 Å². The molecule has 0 fully saturated rings. The van der Waals surface area contributed by atoms with E-state index >= 15 is 0 Å². The van der Waals surface area contributed by atoms with Gasteiger partial charge in [-0.05, 0) is 200 Å². The highest BCUT2D eigenvalue weighted by Crippen LogP contribution is 2.53. The quantitative estimate of drug-likeness (QED) is 0.159. The molecule has 4 aliphatic rings. The summed E-state index contributed by atoms with van der Waals surface area (Å²) < 4.78 is 2.66. The fourth-order valence-corrected chi connectivity index (χ4v) is 14.7. The summed E-state index contributed by atoms with van der Waals surface area (Å²) in [6.45, 7) is 29.0. The lowest BCUT2D eigenvalue weighted by Crippen LogP contribution is -2.62. The molecule has 0 N–H and O–H groups in total. The lowest BCUT2D eigenvalue weighted by molar-refractivity contribution is 0.332. The Kier molecular flexibility index (Phi) is 10.3. The van der Waals surface area contributed by atoms with Crippen molar-refractivity contribution < 1.29 is 0 Å². The number of aryl methyl sites for hydroxylation is 1. The van der Waals surface area contributed by atoms with E-state index in [2.05, 4.69) is 256 Å². The lowest BCUT2D eigenvalue weighted by atomic mass is 9.33. The van der Waals surface area contributed by atoms with Crippen LogP contribution in [0.1, 0.15) is 135 Å². The Bertz CT molecular complexity index is 3720. The summed E-state index contributed by atoms with van der Waals surface area (Å²) in [5, 5.41) is 2.63. The van der Waals surface area contributed by atoms with Crippen molar-refractivity contribution in [2.75, 3.05) is 14.7 Å². The average molecular weight is 984 g/mol. The molecule has 1 aromatic heterocycles. The summed E-state index contributed by atoms with van der Waals surface area (Å²) in [5.41, 5.74) is 23.9. The Labute approximate surface area is 445 Å². The molecule has 8 aromatic carbocycles. The van der Waals surface area contributed by atoms with Crippen LogP contribution >= 0.6 is 11.3 Å². The van der Waals surface area contributed by atoms with Crippen LogP contribution in [-0.2, 0) is 27.1 Å². The third kappa shape index (κ3) is 7.26. The maximum absolute atomic E-state index is 2.69. The van der Waals surface area contributed by atoms with Gasteiger partial charge in [0.15, 0.2) is 0 Å². The van der Waals surface area contributed by atoms with Crippen LogP contribution in [0.25, 0.3) is 20.2 Å². The fraction of sp³-hybridized carbons (Fsp3) is 0.304. The summed E-state index contributed by atoms with van der Waals surface area (Å²) in [4.78, 5) is 7.75. The smallest absolute Gasteiger partial charge is 0.252 e. The minimum absolute atomic E-state index is 0.00489. The first-order valence-corrected chi connectivity index (χ1v) is 28.1. The highest BCUT2D eigenvalue weighted by atomic mass is 32.1. The van der Waals surface area contributed by atoms with Crippen molar-refractivity contribution in [1.82, 2.24) is 0 Å². The minimum Gasteiger partial charge on any atom is -0.311 e.